The molecule has 1 aliphatic heterocycles. The molecule has 0 radical (unpaired) electrons. The van der Waals surface area contributed by atoms with Gasteiger partial charge in [-0.05, 0) is 57.0 Å². The van der Waals surface area contributed by atoms with E-state index in [1.54, 1.807) is 0 Å². The van der Waals surface area contributed by atoms with Crippen molar-refractivity contribution in [2.75, 3.05) is 25.1 Å². The van der Waals surface area contributed by atoms with Gasteiger partial charge in [-0.3, -0.25) is 4.21 Å². The largest absolute Gasteiger partial charge is 0.390 e. The Kier molecular flexibility index (Phi) is 5.37. The molecule has 1 aliphatic rings. The Hall–Kier alpha value is -1.24. The number of benzene rings is 1. The van der Waals surface area contributed by atoms with Gasteiger partial charge in [0.25, 0.3) is 0 Å². The van der Waals surface area contributed by atoms with Crippen molar-refractivity contribution in [1.29, 1.82) is 0 Å². The summed E-state index contributed by atoms with van der Waals surface area (Å²) in [6, 6.07) is 4.67. The molecular weight excluding hydrogens is 322 g/mol. The smallest absolute Gasteiger partial charge is 0.0959 e. The lowest BCUT2D eigenvalue weighted by molar-refractivity contribution is 0.0887. The number of aryl methyl sites for hydroxylation is 2. The number of fused-ring (bicyclic) bond motifs is 1. The van der Waals surface area contributed by atoms with E-state index in [0.29, 0.717) is 19.1 Å². The number of aliphatic hydroxyl groups excluding tert-OH is 1. The first-order valence-electron chi connectivity index (χ1n) is 8.59. The Labute approximate surface area is 146 Å². The number of rotatable bonds is 5. The summed E-state index contributed by atoms with van der Waals surface area (Å²) in [7, 11) is 1.42. The lowest BCUT2D eigenvalue weighted by Gasteiger charge is -2.32. The minimum atomic E-state index is -0.638. The fourth-order valence-electron chi connectivity index (χ4n) is 3.45. The minimum Gasteiger partial charge on any atom is -0.390 e. The van der Waals surface area contributed by atoms with Crippen LogP contribution in [0.3, 0.4) is 0 Å². The van der Waals surface area contributed by atoms with Gasteiger partial charge in [-0.2, -0.15) is 0 Å². The van der Waals surface area contributed by atoms with Crippen LogP contribution in [0, 0.1) is 13.8 Å². The second kappa shape index (κ2) is 7.33. The quantitative estimate of drug-likeness (QED) is 0.895. The lowest BCUT2D eigenvalue weighted by atomic mass is 10.1. The van der Waals surface area contributed by atoms with E-state index in [9.17, 15) is 9.32 Å². The molecule has 0 bridgehead atoms. The van der Waals surface area contributed by atoms with E-state index in [2.05, 4.69) is 42.9 Å². The second-order valence-electron chi connectivity index (χ2n) is 6.99. The van der Waals surface area contributed by atoms with Gasteiger partial charge in [0, 0.05) is 34.9 Å². The van der Waals surface area contributed by atoms with Crippen LogP contribution in [0.1, 0.15) is 24.0 Å². The number of aliphatic hydroxyl groups is 1. The maximum Gasteiger partial charge on any atom is 0.0959 e. The highest BCUT2D eigenvalue weighted by atomic mass is 32.2. The molecule has 1 aromatic carbocycles. The van der Waals surface area contributed by atoms with Crippen molar-refractivity contribution in [1.82, 2.24) is 14.5 Å². The summed E-state index contributed by atoms with van der Waals surface area (Å²) in [5.41, 5.74) is 4.54. The number of hydrogen-bond donors (Lipinski definition) is 1. The predicted molar refractivity (Wildman–Crippen MR) is 98.7 cm³/mol. The number of likely N-dealkylation sites (N-methyl/N-ethyl adjacent to an activating group) is 1. The Morgan fingerprint density at radius 1 is 1.33 bits per heavy atom. The maximum absolute atomic E-state index is 11.5. The molecule has 0 spiro atoms. The molecule has 1 aromatic heterocycles. The van der Waals surface area contributed by atoms with Crippen LogP contribution in [0.4, 0.5) is 0 Å². The fraction of sp³-hybridized carbons (Fsp3) is 0.611. The standard InChI is InChI=1S/C18H27N3O2S/c1-13-8-17-18(9-14(13)2)21(12-19-17)11-16(22)10-20(3)15-4-6-24(23)7-5-15/h8-9,12,15-16,22H,4-7,10-11H2,1-3H3. The van der Waals surface area contributed by atoms with Crippen LogP contribution >= 0.6 is 0 Å². The molecule has 1 fully saturated rings. The Bertz CT molecular complexity index is 733. The molecule has 24 heavy (non-hydrogen) atoms. The number of aromatic nitrogens is 2. The molecule has 5 nitrogen and oxygen atoms in total. The molecule has 1 N–H and O–H groups in total. The number of nitrogens with zero attached hydrogens (tertiary/aromatic N) is 3. The van der Waals surface area contributed by atoms with Crippen molar-refractivity contribution in [3.63, 3.8) is 0 Å². The molecule has 0 amide bonds. The zero-order chi connectivity index (χ0) is 17.3. The molecular formula is C18H27N3O2S. The first kappa shape index (κ1) is 17.6. The Morgan fingerprint density at radius 3 is 2.71 bits per heavy atom. The van der Waals surface area contributed by atoms with Gasteiger partial charge < -0.3 is 14.6 Å². The summed E-state index contributed by atoms with van der Waals surface area (Å²) in [6.07, 6.45) is 3.29. The van der Waals surface area contributed by atoms with Gasteiger partial charge in [-0.15, -0.1) is 0 Å². The predicted octanol–water partition coefficient (Wildman–Crippen LogP) is 1.86. The van der Waals surface area contributed by atoms with Gasteiger partial charge in [-0.25, -0.2) is 4.98 Å². The zero-order valence-corrected chi connectivity index (χ0v) is 15.6. The third kappa shape index (κ3) is 3.87. The molecule has 1 saturated heterocycles. The lowest BCUT2D eigenvalue weighted by Crippen LogP contribution is -2.42. The molecule has 0 aliphatic carbocycles. The average Bonchev–Trinajstić information content (AvgIpc) is 2.90. The summed E-state index contributed by atoms with van der Waals surface area (Å²) in [5.74, 6) is 1.58. The SMILES string of the molecule is Cc1cc2ncn(CC(O)CN(C)C3CCS(=O)CC3)c2cc1C. The Morgan fingerprint density at radius 2 is 2.00 bits per heavy atom. The van der Waals surface area contributed by atoms with Crippen LogP contribution in [0.15, 0.2) is 18.5 Å². The average molecular weight is 350 g/mol. The summed E-state index contributed by atoms with van der Waals surface area (Å²) >= 11 is 0. The highest BCUT2D eigenvalue weighted by Gasteiger charge is 2.23. The first-order chi connectivity index (χ1) is 11.4. The fourth-order valence-corrected chi connectivity index (χ4v) is 4.72. The van der Waals surface area contributed by atoms with Crippen molar-refractivity contribution in [2.24, 2.45) is 0 Å². The maximum atomic E-state index is 11.5. The molecule has 132 valence electrons. The third-order valence-corrected chi connectivity index (χ3v) is 6.51. The van der Waals surface area contributed by atoms with Gasteiger partial charge in [0.05, 0.1) is 30.0 Å². The monoisotopic (exact) mass is 349 g/mol. The van der Waals surface area contributed by atoms with Crippen molar-refractivity contribution in [3.05, 3.63) is 29.6 Å². The molecule has 3 rings (SSSR count). The van der Waals surface area contributed by atoms with Crippen LogP contribution in [0.2, 0.25) is 0 Å². The van der Waals surface area contributed by atoms with Crippen molar-refractivity contribution >= 4 is 21.8 Å². The minimum absolute atomic E-state index is 0.432. The topological polar surface area (TPSA) is 58.4 Å². The number of imidazole rings is 1. The molecule has 2 aromatic rings. The highest BCUT2D eigenvalue weighted by molar-refractivity contribution is 7.85. The highest BCUT2D eigenvalue weighted by Crippen LogP contribution is 2.19. The normalized spacial score (nSPS) is 23.0. The summed E-state index contributed by atoms with van der Waals surface area (Å²) in [4.78, 5) is 6.67. The van der Waals surface area contributed by atoms with Gasteiger partial charge in [0.2, 0.25) is 0 Å². The van der Waals surface area contributed by atoms with E-state index in [4.69, 9.17) is 0 Å². The van der Waals surface area contributed by atoms with E-state index in [1.807, 2.05) is 10.9 Å². The van der Waals surface area contributed by atoms with E-state index >= 15 is 0 Å². The van der Waals surface area contributed by atoms with Crippen LogP contribution in [-0.4, -0.2) is 61.0 Å². The third-order valence-electron chi connectivity index (χ3n) is 5.12. The summed E-state index contributed by atoms with van der Waals surface area (Å²) in [5, 5.41) is 10.5. The van der Waals surface area contributed by atoms with E-state index in [1.165, 1.54) is 11.1 Å². The van der Waals surface area contributed by atoms with Gasteiger partial charge in [0.1, 0.15) is 0 Å². The van der Waals surface area contributed by atoms with Crippen LogP contribution < -0.4 is 0 Å². The first-order valence-corrected chi connectivity index (χ1v) is 10.1. The number of hydrogen-bond acceptors (Lipinski definition) is 4. The van der Waals surface area contributed by atoms with E-state index < -0.39 is 16.9 Å². The zero-order valence-electron chi connectivity index (χ0n) is 14.7. The van der Waals surface area contributed by atoms with Crippen molar-refractivity contribution in [2.45, 2.75) is 45.4 Å². The van der Waals surface area contributed by atoms with Crippen LogP contribution in [0.5, 0.6) is 0 Å². The van der Waals surface area contributed by atoms with E-state index in [0.717, 1.165) is 35.4 Å². The Balaban J connectivity index is 1.63. The van der Waals surface area contributed by atoms with Crippen molar-refractivity contribution in [3.8, 4) is 0 Å². The van der Waals surface area contributed by atoms with Crippen LogP contribution in [0.25, 0.3) is 11.0 Å². The summed E-state index contributed by atoms with van der Waals surface area (Å²) in [6.45, 7) is 5.36. The second-order valence-corrected chi connectivity index (χ2v) is 8.69. The molecule has 2 heterocycles. The molecule has 1 unspecified atom stereocenters. The summed E-state index contributed by atoms with van der Waals surface area (Å²) < 4.78 is 13.5. The molecule has 6 heteroatoms. The molecule has 1 atom stereocenters. The van der Waals surface area contributed by atoms with Gasteiger partial charge in [0.15, 0.2) is 0 Å². The van der Waals surface area contributed by atoms with Crippen LogP contribution in [-0.2, 0) is 17.3 Å². The van der Waals surface area contributed by atoms with E-state index in [-0.39, 0.29) is 0 Å². The van der Waals surface area contributed by atoms with Crippen molar-refractivity contribution < 1.29 is 9.32 Å². The van der Waals surface area contributed by atoms with Gasteiger partial charge >= 0.3 is 0 Å². The molecule has 0 saturated carbocycles. The van der Waals surface area contributed by atoms with Gasteiger partial charge in [-0.1, -0.05) is 0 Å².